The fourth-order valence-corrected chi connectivity index (χ4v) is 0.499. The van der Waals surface area contributed by atoms with Crippen LogP contribution in [-0.2, 0) is 0 Å². The molecule has 0 saturated carbocycles. The van der Waals surface area contributed by atoms with Gasteiger partial charge in [-0.1, -0.05) is 0 Å². The average molecular weight is 160 g/mol. The van der Waals surface area contributed by atoms with Gasteiger partial charge in [-0.25, -0.2) is 4.79 Å². The molecule has 1 heterocycles. The molecule has 1 aromatic rings. The third-order valence-electron chi connectivity index (χ3n) is 0.887. The Morgan fingerprint density at radius 2 is 2.09 bits per heavy atom. The van der Waals surface area contributed by atoms with E-state index in [4.69, 9.17) is 5.11 Å². The molecule has 1 N–H and O–H groups in total. The summed E-state index contributed by atoms with van der Waals surface area (Å²) in [6.07, 6.45) is -1.39. The van der Waals surface area contributed by atoms with Crippen LogP contribution in [0.5, 0.6) is 0 Å². The Balaban J connectivity index is 3.19. The summed E-state index contributed by atoms with van der Waals surface area (Å²) in [5, 5.41) is 8.21. The highest BCUT2D eigenvalue weighted by atomic mass is 19.1. The summed E-state index contributed by atoms with van der Waals surface area (Å²) >= 11 is 0. The maximum Gasteiger partial charge on any atom is 0.354 e. The summed E-state index contributed by atoms with van der Waals surface area (Å²) in [6, 6.07) is 0.533. The van der Waals surface area contributed by atoms with Crippen molar-refractivity contribution in [3.8, 4) is 0 Å². The van der Waals surface area contributed by atoms with E-state index < -0.39 is 23.7 Å². The Bertz CT molecular complexity index is 282. The summed E-state index contributed by atoms with van der Waals surface area (Å²) in [7, 11) is 0. The quantitative estimate of drug-likeness (QED) is 0.478. The molecule has 6 heteroatoms. The SMILES string of the molecule is O=C(O)c1cc(F)nc(F)n1. The predicted octanol–water partition coefficient (Wildman–Crippen LogP) is 0.453. The molecule has 0 aromatic carbocycles. The van der Waals surface area contributed by atoms with Crippen LogP contribution >= 0.6 is 0 Å². The lowest BCUT2D eigenvalue weighted by Crippen LogP contribution is -2.05. The molecule has 1 aromatic heterocycles. The number of aromatic nitrogens is 2. The first kappa shape index (κ1) is 7.52. The van der Waals surface area contributed by atoms with Gasteiger partial charge in [0.1, 0.15) is 0 Å². The number of carboxylic acids is 1. The highest BCUT2D eigenvalue weighted by Crippen LogP contribution is 1.98. The van der Waals surface area contributed by atoms with E-state index in [0.717, 1.165) is 0 Å². The molecular formula is C5H2F2N2O2. The Hall–Kier alpha value is -1.59. The normalized spacial score (nSPS) is 9.64. The van der Waals surface area contributed by atoms with Crippen LogP contribution in [0.3, 0.4) is 0 Å². The van der Waals surface area contributed by atoms with Gasteiger partial charge in [0.25, 0.3) is 0 Å². The minimum Gasteiger partial charge on any atom is -0.477 e. The van der Waals surface area contributed by atoms with Gasteiger partial charge in [0.2, 0.25) is 5.95 Å². The molecule has 0 amide bonds. The Morgan fingerprint density at radius 3 is 2.55 bits per heavy atom. The van der Waals surface area contributed by atoms with Gasteiger partial charge in [0.15, 0.2) is 5.69 Å². The fourth-order valence-electron chi connectivity index (χ4n) is 0.499. The highest BCUT2D eigenvalue weighted by Gasteiger charge is 2.08. The number of nitrogens with zero attached hydrogens (tertiary/aromatic N) is 2. The van der Waals surface area contributed by atoms with Crippen molar-refractivity contribution in [2.24, 2.45) is 0 Å². The molecule has 1 rings (SSSR count). The predicted molar refractivity (Wildman–Crippen MR) is 28.9 cm³/mol. The van der Waals surface area contributed by atoms with Crippen LogP contribution < -0.4 is 0 Å². The smallest absolute Gasteiger partial charge is 0.354 e. The lowest BCUT2D eigenvalue weighted by molar-refractivity contribution is 0.0687. The number of aromatic carboxylic acids is 1. The molecule has 0 radical (unpaired) electrons. The molecule has 11 heavy (non-hydrogen) atoms. The van der Waals surface area contributed by atoms with E-state index in [9.17, 15) is 13.6 Å². The van der Waals surface area contributed by atoms with E-state index in [2.05, 4.69) is 9.97 Å². The van der Waals surface area contributed by atoms with Crippen LogP contribution in [0.1, 0.15) is 10.5 Å². The molecule has 0 spiro atoms. The van der Waals surface area contributed by atoms with Crippen LogP contribution in [0.15, 0.2) is 6.07 Å². The van der Waals surface area contributed by atoms with Crippen molar-refractivity contribution in [3.63, 3.8) is 0 Å². The second-order valence-electron chi connectivity index (χ2n) is 1.65. The van der Waals surface area contributed by atoms with Gasteiger partial charge in [-0.05, 0) is 0 Å². The fraction of sp³-hybridized carbons (Fsp3) is 0. The molecule has 0 atom stereocenters. The first-order valence-corrected chi connectivity index (χ1v) is 2.53. The summed E-state index contributed by atoms with van der Waals surface area (Å²) < 4.78 is 24.2. The van der Waals surface area contributed by atoms with Crippen LogP contribution in [-0.4, -0.2) is 21.0 Å². The minimum atomic E-state index is -1.50. The van der Waals surface area contributed by atoms with E-state index in [1.807, 2.05) is 0 Å². The van der Waals surface area contributed by atoms with Crippen molar-refractivity contribution < 1.29 is 18.7 Å². The zero-order chi connectivity index (χ0) is 8.43. The van der Waals surface area contributed by atoms with E-state index in [1.165, 1.54) is 0 Å². The molecule has 0 aliphatic carbocycles. The highest BCUT2D eigenvalue weighted by molar-refractivity contribution is 5.84. The molecule has 58 valence electrons. The standard InChI is InChI=1S/C5H2F2N2O2/c6-3-1-2(4(10)11)8-5(7)9-3/h1H,(H,10,11). The summed E-state index contributed by atoms with van der Waals surface area (Å²) in [4.78, 5) is 15.5. The number of carboxylic acid groups (broad SMARTS) is 1. The van der Waals surface area contributed by atoms with E-state index >= 15 is 0 Å². The van der Waals surface area contributed by atoms with Gasteiger partial charge in [-0.2, -0.15) is 18.7 Å². The van der Waals surface area contributed by atoms with Crippen molar-refractivity contribution in [2.75, 3.05) is 0 Å². The topological polar surface area (TPSA) is 63.1 Å². The van der Waals surface area contributed by atoms with Crippen LogP contribution in [0, 0.1) is 12.0 Å². The zero-order valence-corrected chi connectivity index (χ0v) is 5.08. The van der Waals surface area contributed by atoms with Crippen LogP contribution in [0.25, 0.3) is 0 Å². The third kappa shape index (κ3) is 1.66. The number of rotatable bonds is 1. The van der Waals surface area contributed by atoms with Crippen molar-refractivity contribution in [2.45, 2.75) is 0 Å². The number of carbonyl (C=O) groups is 1. The second kappa shape index (κ2) is 2.57. The lowest BCUT2D eigenvalue weighted by atomic mass is 10.4. The first-order chi connectivity index (χ1) is 5.09. The van der Waals surface area contributed by atoms with Crippen LogP contribution in [0.4, 0.5) is 8.78 Å². The maximum absolute atomic E-state index is 12.1. The molecule has 0 saturated heterocycles. The summed E-state index contributed by atoms with van der Waals surface area (Å²) in [6.45, 7) is 0. The number of halogens is 2. The van der Waals surface area contributed by atoms with Gasteiger partial charge >= 0.3 is 12.0 Å². The van der Waals surface area contributed by atoms with E-state index in [-0.39, 0.29) is 0 Å². The third-order valence-corrected chi connectivity index (χ3v) is 0.887. The summed E-state index contributed by atoms with van der Waals surface area (Å²) in [5.74, 6) is -2.69. The Morgan fingerprint density at radius 1 is 1.45 bits per heavy atom. The summed E-state index contributed by atoms with van der Waals surface area (Å²) in [5.41, 5.74) is -0.699. The second-order valence-corrected chi connectivity index (χ2v) is 1.65. The number of hydrogen-bond donors (Lipinski definition) is 1. The average Bonchev–Trinajstić information content (AvgIpc) is 1.85. The number of hydrogen-bond acceptors (Lipinski definition) is 3. The Labute approximate surface area is 59.5 Å². The molecule has 0 aliphatic heterocycles. The molecular weight excluding hydrogens is 158 g/mol. The van der Waals surface area contributed by atoms with Gasteiger partial charge in [-0.3, -0.25) is 0 Å². The minimum absolute atomic E-state index is 0.533. The molecule has 0 bridgehead atoms. The first-order valence-electron chi connectivity index (χ1n) is 2.53. The van der Waals surface area contributed by atoms with Gasteiger partial charge in [0.05, 0.1) is 0 Å². The monoisotopic (exact) mass is 160 g/mol. The maximum atomic E-state index is 12.1. The van der Waals surface area contributed by atoms with Gasteiger partial charge in [-0.15, -0.1) is 0 Å². The Kier molecular flexibility index (Phi) is 1.75. The van der Waals surface area contributed by atoms with Crippen molar-refractivity contribution >= 4 is 5.97 Å². The largest absolute Gasteiger partial charge is 0.477 e. The zero-order valence-electron chi connectivity index (χ0n) is 5.08. The van der Waals surface area contributed by atoms with Crippen LogP contribution in [0.2, 0.25) is 0 Å². The molecule has 0 aliphatic rings. The van der Waals surface area contributed by atoms with Crippen molar-refractivity contribution in [3.05, 3.63) is 23.8 Å². The van der Waals surface area contributed by atoms with E-state index in [1.54, 1.807) is 0 Å². The molecule has 0 fully saturated rings. The van der Waals surface area contributed by atoms with Gasteiger partial charge < -0.3 is 5.11 Å². The van der Waals surface area contributed by atoms with Gasteiger partial charge in [0, 0.05) is 6.07 Å². The van der Waals surface area contributed by atoms with Crippen molar-refractivity contribution in [1.29, 1.82) is 0 Å². The lowest BCUT2D eigenvalue weighted by Gasteiger charge is -1.91. The van der Waals surface area contributed by atoms with Crippen molar-refractivity contribution in [1.82, 2.24) is 9.97 Å². The molecule has 0 unspecified atom stereocenters. The van der Waals surface area contributed by atoms with E-state index in [0.29, 0.717) is 6.07 Å². The molecule has 4 nitrogen and oxygen atoms in total.